The van der Waals surface area contributed by atoms with Crippen molar-refractivity contribution in [1.82, 2.24) is 0 Å². The van der Waals surface area contributed by atoms with E-state index < -0.39 is 0 Å². The molecular formula is C2H5PS3. The Hall–Kier alpha value is 1.48. The third-order valence-corrected chi connectivity index (χ3v) is 8.84. The summed E-state index contributed by atoms with van der Waals surface area (Å²) in [6.45, 7) is 0. The maximum absolute atomic E-state index is 4.30. The van der Waals surface area contributed by atoms with Crippen molar-refractivity contribution in [3.8, 4) is 0 Å². The molecule has 0 aromatic carbocycles. The molecule has 1 atom stereocenters. The largest absolute Gasteiger partial charge is 0.139 e. The summed E-state index contributed by atoms with van der Waals surface area (Å²) >= 11 is 4.30. The first-order valence-corrected chi connectivity index (χ1v) is 7.26. The molecule has 1 aliphatic rings. The third-order valence-electron chi connectivity index (χ3n) is 0.505. The van der Waals surface area contributed by atoms with Gasteiger partial charge in [-0.1, -0.05) is 21.2 Å². The average Bonchev–Trinajstić information content (AvgIpc) is 1.86. The van der Waals surface area contributed by atoms with Crippen LogP contribution >= 0.6 is 39.8 Å². The molecule has 0 nitrogen and oxygen atoms in total. The van der Waals surface area contributed by atoms with Gasteiger partial charge in [0.05, 0.1) is 0 Å². The summed E-state index contributed by atoms with van der Waals surface area (Å²) in [6, 6.07) is 0. The highest BCUT2D eigenvalue weighted by molar-refractivity contribution is 9.10. The van der Waals surface area contributed by atoms with Crippen molar-refractivity contribution in [2.75, 3.05) is 11.9 Å². The van der Waals surface area contributed by atoms with Crippen LogP contribution in [0, 0.1) is 0 Å². The van der Waals surface area contributed by atoms with E-state index in [0.29, 0.717) is 0 Å². The molecule has 0 amide bonds. The topological polar surface area (TPSA) is 0 Å². The molecule has 1 saturated heterocycles. The van der Waals surface area contributed by atoms with E-state index >= 15 is 0 Å². The molecule has 0 aromatic rings. The summed E-state index contributed by atoms with van der Waals surface area (Å²) in [5, 5.41) is 0. The normalized spacial score (nSPS) is 34.5. The molecule has 1 fully saturated rings. The van der Waals surface area contributed by atoms with Gasteiger partial charge in [0.1, 0.15) is 0 Å². The second kappa shape index (κ2) is 2.71. The quantitative estimate of drug-likeness (QED) is 0.325. The van der Waals surface area contributed by atoms with Crippen LogP contribution in [0.3, 0.4) is 0 Å². The molecule has 0 aliphatic carbocycles. The van der Waals surface area contributed by atoms with Crippen LogP contribution in [0.2, 0.25) is 0 Å². The molecule has 4 heteroatoms. The number of hydrogen-bond acceptors (Lipinski definition) is 3. The highest BCUT2D eigenvalue weighted by Gasteiger charge is 2.09. The lowest BCUT2D eigenvalue weighted by atomic mass is 11.0. The van der Waals surface area contributed by atoms with Gasteiger partial charge in [-0.25, -0.2) is 0 Å². The Kier molecular flexibility index (Phi) is 2.53. The number of hydrogen-bond donors (Lipinski definition) is 1. The van der Waals surface area contributed by atoms with E-state index in [2.05, 4.69) is 12.2 Å². The SMILES string of the molecule is SP1CCSS1. The van der Waals surface area contributed by atoms with Gasteiger partial charge < -0.3 is 0 Å². The van der Waals surface area contributed by atoms with Crippen LogP contribution < -0.4 is 0 Å². The number of rotatable bonds is 0. The van der Waals surface area contributed by atoms with Gasteiger partial charge >= 0.3 is 0 Å². The van der Waals surface area contributed by atoms with E-state index in [1.165, 1.54) is 11.9 Å². The minimum atomic E-state index is 0.109. The van der Waals surface area contributed by atoms with Crippen molar-refractivity contribution in [1.29, 1.82) is 0 Å². The number of thiol groups is 1. The zero-order valence-electron chi connectivity index (χ0n) is 3.13. The Morgan fingerprint density at radius 3 is 2.67 bits per heavy atom. The van der Waals surface area contributed by atoms with E-state index in [4.69, 9.17) is 0 Å². The van der Waals surface area contributed by atoms with Crippen LogP contribution in [-0.2, 0) is 0 Å². The fraction of sp³-hybridized carbons (Fsp3) is 1.00. The standard InChI is InChI=1S/C2H5PS3/c4-3-1-2-5-6-3/h4H,1-2H2. The fourth-order valence-electron chi connectivity index (χ4n) is 0.251. The average molecular weight is 156 g/mol. The first-order valence-electron chi connectivity index (χ1n) is 1.65. The summed E-state index contributed by atoms with van der Waals surface area (Å²) in [4.78, 5) is 0. The van der Waals surface area contributed by atoms with Crippen LogP contribution in [0.15, 0.2) is 0 Å². The van der Waals surface area contributed by atoms with E-state index in [1.807, 2.05) is 21.2 Å². The van der Waals surface area contributed by atoms with Gasteiger partial charge in [0.15, 0.2) is 0 Å². The van der Waals surface area contributed by atoms with Crippen molar-refractivity contribution < 1.29 is 0 Å². The molecule has 0 N–H and O–H groups in total. The Labute approximate surface area is 51.9 Å². The predicted octanol–water partition coefficient (Wildman–Crippen LogP) is 2.62. The van der Waals surface area contributed by atoms with Crippen molar-refractivity contribution in [3.05, 3.63) is 0 Å². The fourth-order valence-corrected chi connectivity index (χ4v) is 8.04. The Balaban J connectivity index is 2.18. The molecule has 0 bridgehead atoms. The van der Waals surface area contributed by atoms with Crippen LogP contribution in [-0.4, -0.2) is 11.9 Å². The molecule has 1 unspecified atom stereocenters. The second-order valence-corrected chi connectivity index (χ2v) is 9.00. The lowest BCUT2D eigenvalue weighted by Crippen LogP contribution is -1.66. The zero-order valence-corrected chi connectivity index (χ0v) is 6.55. The summed E-state index contributed by atoms with van der Waals surface area (Å²) < 4.78 is 0. The van der Waals surface area contributed by atoms with Crippen LogP contribution in [0.1, 0.15) is 0 Å². The third kappa shape index (κ3) is 1.53. The van der Waals surface area contributed by atoms with Crippen molar-refractivity contribution >= 4 is 39.8 Å². The molecule has 1 rings (SSSR count). The summed E-state index contributed by atoms with van der Waals surface area (Å²) in [5.41, 5.74) is 0. The van der Waals surface area contributed by atoms with Gasteiger partial charge in [-0.05, 0) is 6.16 Å². The Bertz CT molecular complexity index is 42.1. The molecule has 6 heavy (non-hydrogen) atoms. The molecule has 36 valence electrons. The maximum atomic E-state index is 4.30. The summed E-state index contributed by atoms with van der Waals surface area (Å²) in [6.07, 6.45) is 1.45. The van der Waals surface area contributed by atoms with E-state index in [1.54, 1.807) is 0 Å². The van der Waals surface area contributed by atoms with Crippen molar-refractivity contribution in [2.45, 2.75) is 0 Å². The van der Waals surface area contributed by atoms with Crippen LogP contribution in [0.25, 0.3) is 0 Å². The summed E-state index contributed by atoms with van der Waals surface area (Å²) in [5.74, 6) is 1.32. The monoisotopic (exact) mass is 156 g/mol. The van der Waals surface area contributed by atoms with Gasteiger partial charge in [-0.15, -0.1) is 12.2 Å². The molecule has 1 heterocycles. The highest BCUT2D eigenvalue weighted by Crippen LogP contribution is 2.64. The van der Waals surface area contributed by atoms with Crippen LogP contribution in [0.5, 0.6) is 0 Å². The van der Waals surface area contributed by atoms with Crippen molar-refractivity contribution in [2.24, 2.45) is 0 Å². The molecule has 0 radical (unpaired) electrons. The van der Waals surface area contributed by atoms with Gasteiger partial charge in [-0.3, -0.25) is 0 Å². The predicted molar refractivity (Wildman–Crippen MR) is 40.8 cm³/mol. The Morgan fingerprint density at radius 1 is 1.67 bits per heavy atom. The first-order chi connectivity index (χ1) is 2.89. The first kappa shape index (κ1) is 5.61. The van der Waals surface area contributed by atoms with Crippen LogP contribution in [0.4, 0.5) is 0 Å². The molecule has 0 spiro atoms. The van der Waals surface area contributed by atoms with E-state index in [-0.39, 0.29) is 6.33 Å². The zero-order chi connectivity index (χ0) is 4.41. The second-order valence-electron chi connectivity index (χ2n) is 0.972. The maximum Gasteiger partial charge on any atom is 0.0220 e. The Morgan fingerprint density at radius 2 is 2.50 bits per heavy atom. The van der Waals surface area contributed by atoms with Gasteiger partial charge in [0, 0.05) is 12.1 Å². The van der Waals surface area contributed by atoms with Gasteiger partial charge in [0.2, 0.25) is 0 Å². The molecule has 1 aliphatic heterocycles. The highest BCUT2D eigenvalue weighted by atomic mass is 33.4. The lowest BCUT2D eigenvalue weighted by molar-refractivity contribution is 1.57. The molecule has 0 aromatic heterocycles. The summed E-state index contributed by atoms with van der Waals surface area (Å²) in [7, 11) is 3.89. The van der Waals surface area contributed by atoms with Gasteiger partial charge in [0.25, 0.3) is 0 Å². The molecular weight excluding hydrogens is 151 g/mol. The minimum absolute atomic E-state index is 0.109. The van der Waals surface area contributed by atoms with Crippen molar-refractivity contribution in [3.63, 3.8) is 0 Å². The minimum Gasteiger partial charge on any atom is -0.139 e. The smallest absolute Gasteiger partial charge is 0.0220 e. The molecule has 0 saturated carbocycles. The van der Waals surface area contributed by atoms with Gasteiger partial charge in [-0.2, -0.15) is 0 Å². The lowest BCUT2D eigenvalue weighted by Gasteiger charge is -1.88. The van der Waals surface area contributed by atoms with E-state index in [0.717, 1.165) is 0 Å². The van der Waals surface area contributed by atoms with E-state index in [9.17, 15) is 0 Å².